The third-order valence-electron chi connectivity index (χ3n) is 4.28. The van der Waals surface area contributed by atoms with E-state index in [2.05, 4.69) is 11.9 Å². The predicted molar refractivity (Wildman–Crippen MR) is 90.2 cm³/mol. The maximum absolute atomic E-state index is 11.9. The van der Waals surface area contributed by atoms with Crippen molar-refractivity contribution in [3.05, 3.63) is 42.5 Å². The normalized spacial score (nSPS) is 14.4. The van der Waals surface area contributed by atoms with Gasteiger partial charge in [0.25, 0.3) is 0 Å². The Labute approximate surface area is 137 Å². The molecule has 0 aliphatic heterocycles. The maximum Gasteiger partial charge on any atom is 0.311 e. The first-order valence-corrected chi connectivity index (χ1v) is 8.37. The van der Waals surface area contributed by atoms with Crippen LogP contribution in [0.1, 0.15) is 44.1 Å². The number of esters is 1. The molecule has 1 N–H and O–H groups in total. The molecular formula is C19H25NO3. The van der Waals surface area contributed by atoms with E-state index in [1.54, 1.807) is 12.1 Å². The molecule has 1 amide bonds. The monoisotopic (exact) mass is 315 g/mol. The summed E-state index contributed by atoms with van der Waals surface area (Å²) in [5.41, 5.74) is 1.08. The minimum Gasteiger partial charge on any atom is -0.427 e. The van der Waals surface area contributed by atoms with Gasteiger partial charge in [-0.15, -0.1) is 0 Å². The number of hydrogen-bond acceptors (Lipinski definition) is 3. The average Bonchev–Trinajstić information content (AvgIpc) is 3.08. The van der Waals surface area contributed by atoms with Crippen molar-refractivity contribution >= 4 is 11.9 Å². The molecule has 23 heavy (non-hydrogen) atoms. The molecule has 1 fully saturated rings. The number of carbonyl (C=O) groups excluding carboxylic acids is 2. The average molecular weight is 315 g/mol. The first-order chi connectivity index (χ1) is 11.2. The SMILES string of the molecule is C=CC(=O)NCCc1ccc(OC(=O)CCC2CCCC2)cc1. The third kappa shape index (κ3) is 6.27. The van der Waals surface area contributed by atoms with E-state index in [4.69, 9.17) is 4.74 Å². The summed E-state index contributed by atoms with van der Waals surface area (Å²) in [6, 6.07) is 7.44. The molecule has 1 aromatic carbocycles. The lowest BCUT2D eigenvalue weighted by molar-refractivity contribution is -0.134. The molecule has 1 aromatic rings. The fourth-order valence-corrected chi connectivity index (χ4v) is 2.93. The smallest absolute Gasteiger partial charge is 0.311 e. The second kappa shape index (κ2) is 9.13. The first kappa shape index (κ1) is 17.3. The minimum atomic E-state index is -0.169. The molecule has 1 saturated carbocycles. The Bertz CT molecular complexity index is 530. The number of hydrogen-bond donors (Lipinski definition) is 1. The van der Waals surface area contributed by atoms with E-state index in [0.29, 0.717) is 24.6 Å². The summed E-state index contributed by atoms with van der Waals surface area (Å²) in [5.74, 6) is 0.969. The van der Waals surface area contributed by atoms with E-state index in [-0.39, 0.29) is 11.9 Å². The van der Waals surface area contributed by atoms with Crippen LogP contribution in [0.25, 0.3) is 0 Å². The first-order valence-electron chi connectivity index (χ1n) is 8.37. The van der Waals surface area contributed by atoms with Gasteiger partial charge in [0.15, 0.2) is 0 Å². The van der Waals surface area contributed by atoms with Crippen LogP contribution < -0.4 is 10.1 Å². The molecule has 1 aliphatic carbocycles. The van der Waals surface area contributed by atoms with Gasteiger partial charge in [0, 0.05) is 13.0 Å². The van der Waals surface area contributed by atoms with Gasteiger partial charge in [0.2, 0.25) is 5.91 Å². The summed E-state index contributed by atoms with van der Waals surface area (Å²) >= 11 is 0. The van der Waals surface area contributed by atoms with Crippen molar-refractivity contribution in [2.45, 2.75) is 44.9 Å². The van der Waals surface area contributed by atoms with Crippen LogP contribution in [0.2, 0.25) is 0 Å². The highest BCUT2D eigenvalue weighted by Gasteiger charge is 2.16. The quantitative estimate of drug-likeness (QED) is 0.454. The molecule has 2 rings (SSSR count). The number of rotatable bonds is 8. The zero-order chi connectivity index (χ0) is 16.5. The van der Waals surface area contributed by atoms with E-state index in [1.165, 1.54) is 31.8 Å². The molecule has 1 aliphatic rings. The van der Waals surface area contributed by atoms with Crippen LogP contribution in [-0.4, -0.2) is 18.4 Å². The molecule has 4 nitrogen and oxygen atoms in total. The molecule has 0 spiro atoms. The summed E-state index contributed by atoms with van der Waals surface area (Å²) in [6.45, 7) is 3.97. The van der Waals surface area contributed by atoms with Gasteiger partial charge < -0.3 is 10.1 Å². The number of amides is 1. The second-order valence-electron chi connectivity index (χ2n) is 6.05. The van der Waals surface area contributed by atoms with Gasteiger partial charge in [-0.25, -0.2) is 0 Å². The lowest BCUT2D eigenvalue weighted by atomic mass is 10.0. The van der Waals surface area contributed by atoms with Crippen LogP contribution >= 0.6 is 0 Å². The van der Waals surface area contributed by atoms with E-state index in [0.717, 1.165) is 18.4 Å². The van der Waals surface area contributed by atoms with Crippen LogP contribution in [-0.2, 0) is 16.0 Å². The highest BCUT2D eigenvalue weighted by molar-refractivity contribution is 5.86. The van der Waals surface area contributed by atoms with E-state index < -0.39 is 0 Å². The Hall–Kier alpha value is -2.10. The Morgan fingerprint density at radius 1 is 1.22 bits per heavy atom. The number of benzene rings is 1. The maximum atomic E-state index is 11.9. The zero-order valence-corrected chi connectivity index (χ0v) is 13.6. The van der Waals surface area contributed by atoms with Crippen LogP contribution in [0.3, 0.4) is 0 Å². The second-order valence-corrected chi connectivity index (χ2v) is 6.05. The molecule has 0 saturated heterocycles. The lowest BCUT2D eigenvalue weighted by Crippen LogP contribution is -2.23. The Morgan fingerprint density at radius 3 is 2.57 bits per heavy atom. The van der Waals surface area contributed by atoms with Gasteiger partial charge in [-0.3, -0.25) is 9.59 Å². The largest absolute Gasteiger partial charge is 0.427 e. The van der Waals surface area contributed by atoms with Gasteiger partial charge in [-0.2, -0.15) is 0 Å². The molecule has 0 unspecified atom stereocenters. The van der Waals surface area contributed by atoms with Crippen molar-refractivity contribution in [2.75, 3.05) is 6.54 Å². The minimum absolute atomic E-state index is 0.150. The van der Waals surface area contributed by atoms with Crippen molar-refractivity contribution in [1.82, 2.24) is 5.32 Å². The fraction of sp³-hybridized carbons (Fsp3) is 0.474. The van der Waals surface area contributed by atoms with Crippen LogP contribution in [0.4, 0.5) is 0 Å². The predicted octanol–water partition coefficient (Wildman–Crippen LogP) is 3.41. The Balaban J connectivity index is 1.70. The van der Waals surface area contributed by atoms with Gasteiger partial charge in [0.1, 0.15) is 5.75 Å². The van der Waals surface area contributed by atoms with Gasteiger partial charge in [0.05, 0.1) is 0 Å². The van der Waals surface area contributed by atoms with E-state index >= 15 is 0 Å². The van der Waals surface area contributed by atoms with Gasteiger partial charge in [-0.05, 0) is 42.5 Å². The Kier molecular flexibility index (Phi) is 6.85. The van der Waals surface area contributed by atoms with E-state index in [1.807, 2.05) is 12.1 Å². The topological polar surface area (TPSA) is 55.4 Å². The van der Waals surface area contributed by atoms with Crippen molar-refractivity contribution < 1.29 is 14.3 Å². The molecule has 0 aromatic heterocycles. The standard InChI is InChI=1S/C19H25NO3/c1-2-18(21)20-14-13-16-7-10-17(11-8-16)23-19(22)12-9-15-5-3-4-6-15/h2,7-8,10-11,15H,1,3-6,9,12-14H2,(H,20,21). The van der Waals surface area contributed by atoms with Crippen molar-refractivity contribution in [3.8, 4) is 5.75 Å². The van der Waals surface area contributed by atoms with Gasteiger partial charge in [-0.1, -0.05) is 44.4 Å². The number of ether oxygens (including phenoxy) is 1. The highest BCUT2D eigenvalue weighted by atomic mass is 16.5. The lowest BCUT2D eigenvalue weighted by Gasteiger charge is -2.09. The third-order valence-corrected chi connectivity index (χ3v) is 4.28. The van der Waals surface area contributed by atoms with Crippen molar-refractivity contribution in [3.63, 3.8) is 0 Å². The van der Waals surface area contributed by atoms with Crippen LogP contribution in [0.5, 0.6) is 5.75 Å². The van der Waals surface area contributed by atoms with Crippen molar-refractivity contribution in [2.24, 2.45) is 5.92 Å². The van der Waals surface area contributed by atoms with Crippen LogP contribution in [0, 0.1) is 5.92 Å². The molecule has 0 radical (unpaired) electrons. The summed E-state index contributed by atoms with van der Waals surface area (Å²) in [6.07, 6.45) is 8.54. The summed E-state index contributed by atoms with van der Waals surface area (Å²) in [7, 11) is 0. The summed E-state index contributed by atoms with van der Waals surface area (Å²) in [4.78, 5) is 22.9. The van der Waals surface area contributed by atoms with Crippen molar-refractivity contribution in [1.29, 1.82) is 0 Å². The molecular weight excluding hydrogens is 290 g/mol. The van der Waals surface area contributed by atoms with E-state index in [9.17, 15) is 9.59 Å². The molecule has 124 valence electrons. The molecule has 4 heteroatoms. The molecule has 0 heterocycles. The number of carbonyl (C=O) groups is 2. The fourth-order valence-electron chi connectivity index (χ4n) is 2.93. The summed E-state index contributed by atoms with van der Waals surface area (Å²) < 4.78 is 5.37. The van der Waals surface area contributed by atoms with Crippen LogP contribution in [0.15, 0.2) is 36.9 Å². The Morgan fingerprint density at radius 2 is 1.91 bits per heavy atom. The summed E-state index contributed by atoms with van der Waals surface area (Å²) in [5, 5.41) is 2.73. The van der Waals surface area contributed by atoms with Gasteiger partial charge >= 0.3 is 5.97 Å². The molecule has 0 atom stereocenters. The zero-order valence-electron chi connectivity index (χ0n) is 13.6. The number of nitrogens with one attached hydrogen (secondary N) is 1. The molecule has 0 bridgehead atoms. The highest BCUT2D eigenvalue weighted by Crippen LogP contribution is 2.28.